The third kappa shape index (κ3) is 3.67. The molecule has 0 atom stereocenters. The summed E-state index contributed by atoms with van der Waals surface area (Å²) in [5, 5.41) is 8.71. The van der Waals surface area contributed by atoms with Crippen molar-refractivity contribution in [3.05, 3.63) is 23.9 Å². The van der Waals surface area contributed by atoms with Crippen molar-refractivity contribution < 1.29 is 14.7 Å². The van der Waals surface area contributed by atoms with Crippen molar-refractivity contribution in [2.45, 2.75) is 33.1 Å². The number of pyridine rings is 1. The van der Waals surface area contributed by atoms with Gasteiger partial charge in [0.25, 0.3) is 0 Å². The summed E-state index contributed by atoms with van der Waals surface area (Å²) in [4.78, 5) is 29.6. The first-order valence-electron chi connectivity index (χ1n) is 6.84. The molecule has 110 valence electrons. The second-order valence-electron chi connectivity index (χ2n) is 5.82. The van der Waals surface area contributed by atoms with Crippen molar-refractivity contribution in [2.24, 2.45) is 5.41 Å². The van der Waals surface area contributed by atoms with E-state index in [4.69, 9.17) is 5.11 Å². The van der Waals surface area contributed by atoms with E-state index < -0.39 is 0 Å². The van der Waals surface area contributed by atoms with Gasteiger partial charge in [-0.1, -0.05) is 25.7 Å². The summed E-state index contributed by atoms with van der Waals surface area (Å²) >= 11 is 0. The third-order valence-electron chi connectivity index (χ3n) is 3.20. The van der Waals surface area contributed by atoms with Crippen LogP contribution >= 0.6 is 0 Å². The van der Waals surface area contributed by atoms with E-state index in [-0.39, 0.29) is 23.8 Å². The Labute approximate surface area is 124 Å². The minimum Gasteiger partial charge on any atom is -0.395 e. The number of imide groups is 1. The van der Waals surface area contributed by atoms with Gasteiger partial charge in [-0.3, -0.25) is 9.59 Å². The van der Waals surface area contributed by atoms with Gasteiger partial charge in [0.05, 0.1) is 6.61 Å². The third-order valence-corrected chi connectivity index (χ3v) is 3.20. The molecule has 5 nitrogen and oxygen atoms in total. The smallest absolute Gasteiger partial charge is 0.235 e. The van der Waals surface area contributed by atoms with Crippen molar-refractivity contribution in [3.8, 4) is 11.8 Å². The number of carbonyl (C=O) groups is 2. The van der Waals surface area contributed by atoms with Gasteiger partial charge >= 0.3 is 0 Å². The van der Waals surface area contributed by atoms with E-state index in [1.807, 2.05) is 13.8 Å². The minimum atomic E-state index is -0.302. The second-order valence-corrected chi connectivity index (χ2v) is 5.82. The van der Waals surface area contributed by atoms with E-state index in [1.165, 1.54) is 6.20 Å². The molecule has 1 aliphatic heterocycles. The maximum Gasteiger partial charge on any atom is 0.235 e. The van der Waals surface area contributed by atoms with Crippen LogP contribution in [0.2, 0.25) is 0 Å². The molecule has 1 N–H and O–H groups in total. The molecule has 2 rings (SSSR count). The normalized spacial score (nSPS) is 17.4. The van der Waals surface area contributed by atoms with E-state index >= 15 is 0 Å². The van der Waals surface area contributed by atoms with Crippen LogP contribution in [-0.4, -0.2) is 28.5 Å². The van der Waals surface area contributed by atoms with Crippen LogP contribution < -0.4 is 4.90 Å². The van der Waals surface area contributed by atoms with Gasteiger partial charge in [-0.25, -0.2) is 9.88 Å². The highest BCUT2D eigenvalue weighted by atomic mass is 16.2. The van der Waals surface area contributed by atoms with Gasteiger partial charge < -0.3 is 5.11 Å². The highest BCUT2D eigenvalue weighted by molar-refractivity contribution is 6.16. The van der Waals surface area contributed by atoms with Gasteiger partial charge in [-0.2, -0.15) is 0 Å². The standard InChI is InChI=1S/C16H18N2O3/c1-16(2)10-14(20)18(15(21)11-16)13-9-12(6-7-17-13)5-3-4-8-19/h6-7,9,19H,4,8,10-11H2,1-2H3. The number of anilines is 1. The van der Waals surface area contributed by atoms with E-state index in [2.05, 4.69) is 16.8 Å². The Hall–Kier alpha value is -2.19. The fraction of sp³-hybridized carbons (Fsp3) is 0.438. The van der Waals surface area contributed by atoms with Gasteiger partial charge in [-0.05, 0) is 17.5 Å². The molecule has 1 fully saturated rings. The molecule has 0 aromatic carbocycles. The van der Waals surface area contributed by atoms with Crippen LogP contribution in [0.3, 0.4) is 0 Å². The number of hydrogen-bond donors (Lipinski definition) is 1. The fourth-order valence-corrected chi connectivity index (χ4v) is 2.27. The predicted molar refractivity (Wildman–Crippen MR) is 78.3 cm³/mol. The molecule has 2 heterocycles. The first kappa shape index (κ1) is 15.2. The van der Waals surface area contributed by atoms with Crippen molar-refractivity contribution in [1.29, 1.82) is 0 Å². The van der Waals surface area contributed by atoms with Gasteiger partial charge in [0.1, 0.15) is 5.82 Å². The monoisotopic (exact) mass is 286 g/mol. The van der Waals surface area contributed by atoms with Crippen LogP contribution in [0.15, 0.2) is 18.3 Å². The predicted octanol–water partition coefficient (Wildman–Crippen LogP) is 1.50. The Morgan fingerprint density at radius 2 is 2.00 bits per heavy atom. The number of piperidine rings is 1. The lowest BCUT2D eigenvalue weighted by molar-refractivity contribution is -0.132. The molecule has 1 aromatic rings. The molecule has 0 spiro atoms. The van der Waals surface area contributed by atoms with E-state index in [1.54, 1.807) is 12.1 Å². The molecule has 2 amide bonds. The molecular weight excluding hydrogens is 268 g/mol. The maximum absolute atomic E-state index is 12.2. The van der Waals surface area contributed by atoms with E-state index in [9.17, 15) is 9.59 Å². The molecule has 0 saturated carbocycles. The molecule has 1 aromatic heterocycles. The number of nitrogens with zero attached hydrogens (tertiary/aromatic N) is 2. The number of carbonyl (C=O) groups excluding carboxylic acids is 2. The van der Waals surface area contributed by atoms with Gasteiger partial charge in [0.15, 0.2) is 0 Å². The lowest BCUT2D eigenvalue weighted by Gasteiger charge is -2.34. The number of aliphatic hydroxyl groups excluding tert-OH is 1. The molecule has 21 heavy (non-hydrogen) atoms. The van der Waals surface area contributed by atoms with Crippen molar-refractivity contribution in [1.82, 2.24) is 4.98 Å². The van der Waals surface area contributed by atoms with Crippen molar-refractivity contribution >= 4 is 17.6 Å². The average Bonchev–Trinajstić information content (AvgIpc) is 2.37. The summed E-state index contributed by atoms with van der Waals surface area (Å²) < 4.78 is 0. The zero-order valence-corrected chi connectivity index (χ0v) is 12.2. The zero-order valence-electron chi connectivity index (χ0n) is 12.2. The van der Waals surface area contributed by atoms with E-state index in [0.29, 0.717) is 30.6 Å². The summed E-state index contributed by atoms with van der Waals surface area (Å²) in [7, 11) is 0. The van der Waals surface area contributed by atoms with Crippen LogP contribution in [0.5, 0.6) is 0 Å². The topological polar surface area (TPSA) is 70.5 Å². The SMILES string of the molecule is CC1(C)CC(=O)N(c2cc(C#CCCO)ccn2)C(=O)C1. The second kappa shape index (κ2) is 6.06. The van der Waals surface area contributed by atoms with Gasteiger partial charge in [0, 0.05) is 31.0 Å². The summed E-state index contributed by atoms with van der Waals surface area (Å²) in [5.74, 6) is 5.52. The highest BCUT2D eigenvalue weighted by Gasteiger charge is 2.38. The number of aromatic nitrogens is 1. The Morgan fingerprint density at radius 3 is 2.62 bits per heavy atom. The van der Waals surface area contributed by atoms with Gasteiger partial charge in [0.2, 0.25) is 11.8 Å². The molecule has 5 heteroatoms. The van der Waals surface area contributed by atoms with Crippen molar-refractivity contribution in [2.75, 3.05) is 11.5 Å². The first-order valence-corrected chi connectivity index (χ1v) is 6.84. The molecule has 0 aliphatic carbocycles. The molecule has 1 aliphatic rings. The fourth-order valence-electron chi connectivity index (χ4n) is 2.27. The molecular formula is C16H18N2O3. The Morgan fingerprint density at radius 1 is 1.33 bits per heavy atom. The Bertz CT molecular complexity index is 606. The van der Waals surface area contributed by atoms with Crippen LogP contribution in [0.4, 0.5) is 5.82 Å². The van der Waals surface area contributed by atoms with Crippen LogP contribution in [-0.2, 0) is 9.59 Å². The van der Waals surface area contributed by atoms with Crippen LogP contribution in [0.1, 0.15) is 38.7 Å². The quantitative estimate of drug-likeness (QED) is 0.660. The molecule has 1 saturated heterocycles. The van der Waals surface area contributed by atoms with Crippen LogP contribution in [0.25, 0.3) is 0 Å². The number of rotatable bonds is 2. The largest absolute Gasteiger partial charge is 0.395 e. The number of hydrogen-bond acceptors (Lipinski definition) is 4. The number of aliphatic hydroxyl groups is 1. The Balaban J connectivity index is 2.26. The van der Waals surface area contributed by atoms with Crippen LogP contribution in [0, 0.1) is 17.3 Å². The minimum absolute atomic E-state index is 0.00310. The Kier molecular flexibility index (Phi) is 4.39. The lowest BCUT2D eigenvalue weighted by atomic mass is 9.82. The zero-order chi connectivity index (χ0) is 15.5. The summed E-state index contributed by atoms with van der Waals surface area (Å²) in [6, 6.07) is 3.33. The van der Waals surface area contributed by atoms with E-state index in [0.717, 1.165) is 4.90 Å². The molecule has 0 unspecified atom stereocenters. The average molecular weight is 286 g/mol. The number of amides is 2. The summed E-state index contributed by atoms with van der Waals surface area (Å²) in [6.07, 6.45) is 2.55. The maximum atomic E-state index is 12.2. The van der Waals surface area contributed by atoms with Crippen molar-refractivity contribution in [3.63, 3.8) is 0 Å². The molecule has 0 radical (unpaired) electrons. The van der Waals surface area contributed by atoms with Gasteiger partial charge in [-0.15, -0.1) is 0 Å². The first-order chi connectivity index (χ1) is 9.93. The highest BCUT2D eigenvalue weighted by Crippen LogP contribution is 2.33. The lowest BCUT2D eigenvalue weighted by Crippen LogP contribution is -2.46. The summed E-state index contributed by atoms with van der Waals surface area (Å²) in [5.41, 5.74) is 0.363. The molecule has 0 bridgehead atoms. The summed E-state index contributed by atoms with van der Waals surface area (Å²) in [6.45, 7) is 3.82.